The van der Waals surface area contributed by atoms with Crippen molar-refractivity contribution in [1.82, 2.24) is 0 Å². The monoisotopic (exact) mass is 232 g/mol. The molecule has 0 saturated heterocycles. The largest absolute Gasteiger partial charge is 0.389 e. The molecule has 0 fully saturated rings. The van der Waals surface area contributed by atoms with Gasteiger partial charge in [0.05, 0.1) is 11.5 Å². The lowest BCUT2D eigenvalue weighted by Crippen LogP contribution is -2.27. The summed E-state index contributed by atoms with van der Waals surface area (Å²) in [5.74, 6) is -1.18. The van der Waals surface area contributed by atoms with Gasteiger partial charge in [0.2, 0.25) is 0 Å². The van der Waals surface area contributed by atoms with E-state index in [0.29, 0.717) is 5.56 Å². The molecule has 1 unspecified atom stereocenters. The highest BCUT2D eigenvalue weighted by molar-refractivity contribution is 6.04. The van der Waals surface area contributed by atoms with Crippen molar-refractivity contribution in [2.24, 2.45) is 0 Å². The van der Waals surface area contributed by atoms with Crippen LogP contribution in [-0.4, -0.2) is 11.9 Å². The third-order valence-corrected chi connectivity index (χ3v) is 3.13. The zero-order chi connectivity index (χ0) is 12.3. The zero-order valence-electron chi connectivity index (χ0n) is 9.94. The molecule has 3 nitrogen and oxygen atoms in total. The second kappa shape index (κ2) is 5.13. The van der Waals surface area contributed by atoms with Gasteiger partial charge in [-0.25, -0.2) is 4.79 Å². The Morgan fingerprint density at radius 1 is 1.18 bits per heavy atom. The molecule has 0 saturated carbocycles. The third-order valence-electron chi connectivity index (χ3n) is 3.13. The first-order valence-electron chi connectivity index (χ1n) is 6.09. The van der Waals surface area contributed by atoms with Crippen molar-refractivity contribution in [2.45, 2.75) is 38.5 Å². The van der Waals surface area contributed by atoms with E-state index in [0.717, 1.165) is 31.2 Å². The minimum Gasteiger partial charge on any atom is -0.389 e. The summed E-state index contributed by atoms with van der Waals surface area (Å²) in [6.45, 7) is 2.12. The van der Waals surface area contributed by atoms with E-state index >= 15 is 0 Å². The van der Waals surface area contributed by atoms with Gasteiger partial charge in [-0.05, 0) is 18.1 Å². The molecule has 17 heavy (non-hydrogen) atoms. The minimum absolute atomic E-state index is 0.268. The molecule has 0 radical (unpaired) electrons. The lowest BCUT2D eigenvalue weighted by Gasteiger charge is -2.22. The van der Waals surface area contributed by atoms with Gasteiger partial charge in [0.25, 0.3) is 0 Å². The predicted octanol–water partition coefficient (Wildman–Crippen LogP) is 3.05. The molecular weight excluding hydrogens is 216 g/mol. The predicted molar refractivity (Wildman–Crippen MR) is 63.7 cm³/mol. The average Bonchev–Trinajstić information content (AvgIpc) is 2.33. The fourth-order valence-electron chi connectivity index (χ4n) is 2.20. The number of unbranched alkanes of at least 4 members (excludes halogenated alkanes) is 2. The van der Waals surface area contributed by atoms with Crippen molar-refractivity contribution in [3.05, 3.63) is 35.4 Å². The maximum absolute atomic E-state index is 11.7. The van der Waals surface area contributed by atoms with E-state index in [4.69, 9.17) is 4.74 Å². The SMILES string of the molecule is CCCCCC1C(=O)OC(=O)c2ccccc21. The Kier molecular flexibility index (Phi) is 3.57. The lowest BCUT2D eigenvalue weighted by atomic mass is 9.88. The summed E-state index contributed by atoms with van der Waals surface area (Å²) in [6.07, 6.45) is 3.96. The third kappa shape index (κ3) is 2.38. The van der Waals surface area contributed by atoms with E-state index in [-0.39, 0.29) is 5.92 Å². The molecule has 1 atom stereocenters. The zero-order valence-corrected chi connectivity index (χ0v) is 9.94. The van der Waals surface area contributed by atoms with Crippen molar-refractivity contribution in [2.75, 3.05) is 0 Å². The summed E-state index contributed by atoms with van der Waals surface area (Å²) >= 11 is 0. The van der Waals surface area contributed by atoms with Gasteiger partial charge in [0.15, 0.2) is 0 Å². The highest BCUT2D eigenvalue weighted by atomic mass is 16.6. The van der Waals surface area contributed by atoms with Crippen LogP contribution in [0.25, 0.3) is 0 Å². The van der Waals surface area contributed by atoms with Crippen molar-refractivity contribution in [1.29, 1.82) is 0 Å². The number of cyclic esters (lactones) is 2. The molecule has 0 aromatic heterocycles. The Labute approximate surface area is 101 Å². The average molecular weight is 232 g/mol. The number of fused-ring (bicyclic) bond motifs is 1. The molecule has 1 aromatic carbocycles. The molecular formula is C14H16O3. The van der Waals surface area contributed by atoms with Crippen molar-refractivity contribution in [3.63, 3.8) is 0 Å². The Hall–Kier alpha value is -1.64. The molecule has 1 aliphatic rings. The fourth-order valence-corrected chi connectivity index (χ4v) is 2.20. The first-order chi connectivity index (χ1) is 8.24. The Balaban J connectivity index is 2.23. The summed E-state index contributed by atoms with van der Waals surface area (Å²) in [5.41, 5.74) is 1.36. The highest BCUT2D eigenvalue weighted by Crippen LogP contribution is 2.31. The lowest BCUT2D eigenvalue weighted by molar-refractivity contribution is -0.140. The summed E-state index contributed by atoms with van der Waals surface area (Å²) in [4.78, 5) is 23.2. The van der Waals surface area contributed by atoms with E-state index in [9.17, 15) is 9.59 Å². The number of hydrogen-bond acceptors (Lipinski definition) is 3. The minimum atomic E-state index is -0.516. The van der Waals surface area contributed by atoms with Gasteiger partial charge >= 0.3 is 11.9 Å². The van der Waals surface area contributed by atoms with Crippen LogP contribution in [0.5, 0.6) is 0 Å². The molecule has 1 aliphatic heterocycles. The first kappa shape index (κ1) is 11.8. The standard InChI is InChI=1S/C14H16O3/c1-2-3-4-8-11-10-7-5-6-9-12(10)14(16)17-13(11)15/h5-7,9,11H,2-4,8H2,1H3. The van der Waals surface area contributed by atoms with Crippen LogP contribution in [0, 0.1) is 0 Å². The van der Waals surface area contributed by atoms with E-state index in [2.05, 4.69) is 6.92 Å². The number of ether oxygens (including phenoxy) is 1. The maximum atomic E-state index is 11.7. The quantitative estimate of drug-likeness (QED) is 0.455. The number of carbonyl (C=O) groups is 2. The van der Waals surface area contributed by atoms with Gasteiger partial charge in [0, 0.05) is 0 Å². The number of esters is 2. The molecule has 3 heteroatoms. The van der Waals surface area contributed by atoms with E-state index in [1.165, 1.54) is 0 Å². The van der Waals surface area contributed by atoms with Gasteiger partial charge in [-0.15, -0.1) is 0 Å². The summed E-state index contributed by atoms with van der Waals surface area (Å²) in [7, 11) is 0. The number of carbonyl (C=O) groups excluding carboxylic acids is 2. The van der Waals surface area contributed by atoms with Gasteiger partial charge in [-0.1, -0.05) is 44.4 Å². The number of rotatable bonds is 4. The Morgan fingerprint density at radius 2 is 1.94 bits per heavy atom. The second-order valence-corrected chi connectivity index (χ2v) is 4.34. The molecule has 1 aromatic rings. The maximum Gasteiger partial charge on any atom is 0.346 e. The number of hydrogen-bond donors (Lipinski definition) is 0. The van der Waals surface area contributed by atoms with Crippen LogP contribution in [0.15, 0.2) is 24.3 Å². The molecule has 0 spiro atoms. The molecule has 0 N–H and O–H groups in total. The molecule has 1 heterocycles. The smallest absolute Gasteiger partial charge is 0.346 e. The molecule has 0 aliphatic carbocycles. The van der Waals surface area contributed by atoms with E-state index < -0.39 is 11.9 Å². The van der Waals surface area contributed by atoms with Crippen LogP contribution in [0.3, 0.4) is 0 Å². The molecule has 0 bridgehead atoms. The highest BCUT2D eigenvalue weighted by Gasteiger charge is 2.33. The Bertz CT molecular complexity index is 437. The summed E-state index contributed by atoms with van der Waals surface area (Å²) in [6, 6.07) is 7.22. The van der Waals surface area contributed by atoms with Crippen LogP contribution in [-0.2, 0) is 9.53 Å². The number of benzene rings is 1. The summed E-state index contributed by atoms with van der Waals surface area (Å²) < 4.78 is 4.78. The van der Waals surface area contributed by atoms with E-state index in [1.54, 1.807) is 12.1 Å². The van der Waals surface area contributed by atoms with Crippen LogP contribution >= 0.6 is 0 Å². The normalized spacial score (nSPS) is 18.8. The van der Waals surface area contributed by atoms with E-state index in [1.807, 2.05) is 12.1 Å². The van der Waals surface area contributed by atoms with Crippen molar-refractivity contribution >= 4 is 11.9 Å². The fraction of sp³-hybridized carbons (Fsp3) is 0.429. The van der Waals surface area contributed by atoms with Crippen LogP contribution < -0.4 is 0 Å². The van der Waals surface area contributed by atoms with Crippen molar-refractivity contribution < 1.29 is 14.3 Å². The molecule has 0 amide bonds. The van der Waals surface area contributed by atoms with Crippen LogP contribution in [0.2, 0.25) is 0 Å². The summed E-state index contributed by atoms with van der Waals surface area (Å²) in [5, 5.41) is 0. The van der Waals surface area contributed by atoms with Gasteiger partial charge in [-0.3, -0.25) is 4.79 Å². The van der Waals surface area contributed by atoms with Crippen molar-refractivity contribution in [3.8, 4) is 0 Å². The van der Waals surface area contributed by atoms with Gasteiger partial charge in [-0.2, -0.15) is 0 Å². The molecule has 90 valence electrons. The second-order valence-electron chi connectivity index (χ2n) is 4.34. The van der Waals surface area contributed by atoms with Gasteiger partial charge < -0.3 is 4.74 Å². The molecule has 2 rings (SSSR count). The Morgan fingerprint density at radius 3 is 2.71 bits per heavy atom. The van der Waals surface area contributed by atoms with Crippen LogP contribution in [0.4, 0.5) is 0 Å². The van der Waals surface area contributed by atoms with Crippen LogP contribution in [0.1, 0.15) is 54.4 Å². The first-order valence-corrected chi connectivity index (χ1v) is 6.09. The topological polar surface area (TPSA) is 43.4 Å². The van der Waals surface area contributed by atoms with Gasteiger partial charge in [0.1, 0.15) is 0 Å².